The van der Waals surface area contributed by atoms with Gasteiger partial charge in [-0.1, -0.05) is 6.92 Å². The predicted octanol–water partition coefficient (Wildman–Crippen LogP) is 1.97. The first-order valence-corrected chi connectivity index (χ1v) is 5.05. The summed E-state index contributed by atoms with van der Waals surface area (Å²) in [5, 5.41) is 0. The number of Topliss-reactive ketones (excluding diaryl/α,β-unsaturated/α-hetero) is 1. The lowest BCUT2D eigenvalue weighted by atomic mass is 9.99. The van der Waals surface area contributed by atoms with Crippen LogP contribution in [0.4, 0.5) is 0 Å². The highest BCUT2D eigenvalue weighted by Crippen LogP contribution is 2.11. The molecule has 0 aromatic carbocycles. The average Bonchev–Trinajstić information content (AvgIpc) is 2.46. The fourth-order valence-corrected chi connectivity index (χ4v) is 1.61. The van der Waals surface area contributed by atoms with Gasteiger partial charge in [0.25, 0.3) is 0 Å². The van der Waals surface area contributed by atoms with Crippen molar-refractivity contribution in [3.8, 4) is 0 Å². The Labute approximate surface area is 85.2 Å². The molecule has 0 radical (unpaired) electrons. The van der Waals surface area contributed by atoms with Crippen molar-refractivity contribution in [3.05, 3.63) is 18.2 Å². The zero-order chi connectivity index (χ0) is 10.6. The molecule has 78 valence electrons. The van der Waals surface area contributed by atoms with Gasteiger partial charge in [0.1, 0.15) is 11.6 Å². The lowest BCUT2D eigenvalue weighted by molar-refractivity contribution is -0.117. The third-order valence-corrected chi connectivity index (χ3v) is 2.42. The van der Waals surface area contributed by atoms with Gasteiger partial charge in [0.05, 0.1) is 0 Å². The maximum Gasteiger partial charge on any atom is 0.130 e. The smallest absolute Gasteiger partial charge is 0.130 e. The highest BCUT2D eigenvalue weighted by atomic mass is 16.1. The van der Waals surface area contributed by atoms with Crippen LogP contribution < -0.4 is 0 Å². The average molecular weight is 194 g/mol. The van der Waals surface area contributed by atoms with Gasteiger partial charge < -0.3 is 9.36 Å². The minimum Gasteiger partial charge on any atom is -0.338 e. The summed E-state index contributed by atoms with van der Waals surface area (Å²) in [6.07, 6.45) is 6.43. The molecular weight excluding hydrogens is 176 g/mol. The molecule has 0 aliphatic rings. The monoisotopic (exact) mass is 194 g/mol. The fraction of sp³-hybridized carbons (Fsp3) is 0.636. The lowest BCUT2D eigenvalue weighted by Crippen LogP contribution is -2.05. The van der Waals surface area contributed by atoms with E-state index in [1.54, 1.807) is 6.92 Å². The van der Waals surface area contributed by atoms with Gasteiger partial charge in [-0.05, 0) is 19.3 Å². The highest BCUT2D eigenvalue weighted by molar-refractivity contribution is 5.75. The van der Waals surface area contributed by atoms with Crippen LogP contribution in [0, 0.1) is 5.92 Å². The summed E-state index contributed by atoms with van der Waals surface area (Å²) in [6, 6.07) is 0. The molecule has 0 saturated heterocycles. The number of carbonyl (C=O) groups is 1. The molecule has 0 bridgehead atoms. The van der Waals surface area contributed by atoms with Crippen molar-refractivity contribution < 1.29 is 4.79 Å². The molecule has 0 saturated carbocycles. The number of hydrogen-bond acceptors (Lipinski definition) is 2. The van der Waals surface area contributed by atoms with Crippen molar-refractivity contribution in [1.82, 2.24) is 9.55 Å². The van der Waals surface area contributed by atoms with Crippen molar-refractivity contribution in [1.29, 1.82) is 0 Å². The Kier molecular flexibility index (Phi) is 3.86. The third kappa shape index (κ3) is 3.32. The summed E-state index contributed by atoms with van der Waals surface area (Å²) < 4.78 is 2.03. The van der Waals surface area contributed by atoms with E-state index < -0.39 is 0 Å². The summed E-state index contributed by atoms with van der Waals surface area (Å²) in [4.78, 5) is 15.1. The van der Waals surface area contributed by atoms with E-state index in [2.05, 4.69) is 11.9 Å². The van der Waals surface area contributed by atoms with Gasteiger partial charge in [-0.25, -0.2) is 4.98 Å². The number of hydrogen-bond donors (Lipinski definition) is 0. The maximum atomic E-state index is 10.9. The van der Waals surface area contributed by atoms with Gasteiger partial charge in [-0.15, -0.1) is 0 Å². The summed E-state index contributed by atoms with van der Waals surface area (Å²) in [7, 11) is 2.00. The van der Waals surface area contributed by atoms with E-state index in [1.807, 2.05) is 24.0 Å². The molecule has 0 spiro atoms. The van der Waals surface area contributed by atoms with Crippen LogP contribution in [-0.2, 0) is 18.3 Å². The fourth-order valence-electron chi connectivity index (χ4n) is 1.61. The molecule has 1 aromatic heterocycles. The molecule has 3 nitrogen and oxygen atoms in total. The normalized spacial score (nSPS) is 12.8. The van der Waals surface area contributed by atoms with E-state index in [4.69, 9.17) is 0 Å². The van der Waals surface area contributed by atoms with E-state index in [0.717, 1.165) is 18.7 Å². The number of aryl methyl sites for hydroxylation is 2. The number of aromatic nitrogens is 2. The first-order chi connectivity index (χ1) is 6.59. The highest BCUT2D eigenvalue weighted by Gasteiger charge is 2.07. The van der Waals surface area contributed by atoms with E-state index in [9.17, 15) is 4.79 Å². The van der Waals surface area contributed by atoms with Crippen molar-refractivity contribution in [2.45, 2.75) is 33.1 Å². The minimum absolute atomic E-state index is 0.275. The van der Waals surface area contributed by atoms with Crippen LogP contribution in [0.5, 0.6) is 0 Å². The summed E-state index contributed by atoms with van der Waals surface area (Å²) in [6.45, 7) is 3.77. The number of rotatable bonds is 5. The Morgan fingerprint density at radius 3 is 2.86 bits per heavy atom. The van der Waals surface area contributed by atoms with Gasteiger partial charge in [0.2, 0.25) is 0 Å². The van der Waals surface area contributed by atoms with Crippen molar-refractivity contribution >= 4 is 5.78 Å². The summed E-state index contributed by atoms with van der Waals surface area (Å²) in [5.74, 6) is 1.84. The molecule has 0 fully saturated rings. The Hall–Kier alpha value is -1.12. The molecule has 0 amide bonds. The second kappa shape index (κ2) is 4.94. The first-order valence-electron chi connectivity index (χ1n) is 5.05. The maximum absolute atomic E-state index is 10.9. The summed E-state index contributed by atoms with van der Waals surface area (Å²) >= 11 is 0. The molecule has 3 heteroatoms. The second-order valence-corrected chi connectivity index (χ2v) is 4.00. The Morgan fingerprint density at radius 1 is 1.64 bits per heavy atom. The topological polar surface area (TPSA) is 34.9 Å². The third-order valence-electron chi connectivity index (χ3n) is 2.42. The van der Waals surface area contributed by atoms with E-state index in [1.165, 1.54) is 0 Å². The largest absolute Gasteiger partial charge is 0.338 e. The van der Waals surface area contributed by atoms with Gasteiger partial charge in [0.15, 0.2) is 0 Å². The first kappa shape index (κ1) is 11.0. The zero-order valence-electron chi connectivity index (χ0n) is 9.16. The van der Waals surface area contributed by atoms with E-state index >= 15 is 0 Å². The second-order valence-electron chi connectivity index (χ2n) is 4.00. The van der Waals surface area contributed by atoms with E-state index in [-0.39, 0.29) is 5.78 Å². The lowest BCUT2D eigenvalue weighted by Gasteiger charge is -2.08. The van der Waals surface area contributed by atoms with Crippen LogP contribution in [0.25, 0.3) is 0 Å². The molecule has 1 unspecified atom stereocenters. The Bertz CT molecular complexity index is 304. The van der Waals surface area contributed by atoms with Crippen LogP contribution in [0.3, 0.4) is 0 Å². The molecule has 1 aromatic rings. The SMILES string of the molecule is CC(=O)CC(C)CCc1nccn1C. The van der Waals surface area contributed by atoms with Gasteiger partial charge in [-0.2, -0.15) is 0 Å². The molecule has 14 heavy (non-hydrogen) atoms. The molecule has 0 N–H and O–H groups in total. The van der Waals surface area contributed by atoms with Crippen molar-refractivity contribution in [2.75, 3.05) is 0 Å². The number of carbonyl (C=O) groups excluding carboxylic acids is 1. The van der Waals surface area contributed by atoms with Crippen LogP contribution in [0.2, 0.25) is 0 Å². The molecule has 1 rings (SSSR count). The van der Waals surface area contributed by atoms with Crippen LogP contribution in [-0.4, -0.2) is 15.3 Å². The number of nitrogens with zero attached hydrogens (tertiary/aromatic N) is 2. The minimum atomic E-state index is 0.275. The molecule has 0 aliphatic carbocycles. The van der Waals surface area contributed by atoms with Crippen LogP contribution in [0.15, 0.2) is 12.4 Å². The van der Waals surface area contributed by atoms with Gasteiger partial charge in [-0.3, -0.25) is 0 Å². The van der Waals surface area contributed by atoms with Crippen LogP contribution >= 0.6 is 0 Å². The zero-order valence-corrected chi connectivity index (χ0v) is 9.16. The summed E-state index contributed by atoms with van der Waals surface area (Å²) in [5.41, 5.74) is 0. The van der Waals surface area contributed by atoms with E-state index in [0.29, 0.717) is 12.3 Å². The molecule has 1 atom stereocenters. The molecule has 1 heterocycles. The Morgan fingerprint density at radius 2 is 2.36 bits per heavy atom. The predicted molar refractivity (Wildman–Crippen MR) is 56.0 cm³/mol. The standard InChI is InChI=1S/C11H18N2O/c1-9(8-10(2)14)4-5-11-12-6-7-13(11)3/h6-7,9H,4-5,8H2,1-3H3. The van der Waals surface area contributed by atoms with Crippen molar-refractivity contribution in [2.24, 2.45) is 13.0 Å². The Balaban J connectivity index is 2.34. The van der Waals surface area contributed by atoms with Crippen molar-refractivity contribution in [3.63, 3.8) is 0 Å². The molecule has 0 aliphatic heterocycles. The quantitative estimate of drug-likeness (QED) is 0.718. The number of ketones is 1. The number of imidazole rings is 1. The van der Waals surface area contributed by atoms with Gasteiger partial charge >= 0.3 is 0 Å². The molecular formula is C11H18N2O. The van der Waals surface area contributed by atoms with Gasteiger partial charge in [0, 0.05) is 32.3 Å². The van der Waals surface area contributed by atoms with Crippen LogP contribution in [0.1, 0.15) is 32.5 Å².